The van der Waals surface area contributed by atoms with Crippen molar-refractivity contribution in [3.63, 3.8) is 0 Å². The Bertz CT molecular complexity index is 1520. The maximum absolute atomic E-state index is 14.0. The molecule has 260 valence electrons. The van der Waals surface area contributed by atoms with Gasteiger partial charge in [0.1, 0.15) is 12.1 Å². The van der Waals surface area contributed by atoms with Crippen LogP contribution in [0.25, 0.3) is 10.4 Å². The number of aromatic nitrogens is 1. The third-order valence-corrected chi connectivity index (χ3v) is 11.3. The summed E-state index contributed by atoms with van der Waals surface area (Å²) < 4.78 is 12.4. The highest BCUT2D eigenvalue weighted by Crippen LogP contribution is 2.41. The van der Waals surface area contributed by atoms with Gasteiger partial charge in [-0.15, -0.1) is 11.3 Å². The average molecular weight is 679 g/mol. The van der Waals surface area contributed by atoms with Gasteiger partial charge in [0.05, 0.1) is 33.4 Å². The Kier molecular flexibility index (Phi) is 10.6. The van der Waals surface area contributed by atoms with Crippen LogP contribution in [0.15, 0.2) is 41.3 Å². The number of nitrogens with one attached hydrogen (secondary N) is 2. The average Bonchev–Trinajstić information content (AvgIpc) is 3.68. The fraction of sp³-hybridized carbons (Fsp3) is 0.611. The number of hydrogen-bond acceptors (Lipinski definition) is 8. The van der Waals surface area contributed by atoms with E-state index in [1.807, 2.05) is 85.2 Å². The van der Waals surface area contributed by atoms with Crippen molar-refractivity contribution in [1.82, 2.24) is 20.5 Å². The second kappa shape index (κ2) is 14.1. The Labute approximate surface area is 289 Å². The minimum absolute atomic E-state index is 0.0391. The number of carbonyl (C=O) groups is 3. The fourth-order valence-electron chi connectivity index (χ4n) is 6.57. The number of carbonyl (C=O) groups excluding carboxylic acids is 3. The first kappa shape index (κ1) is 36.2. The molecule has 2 saturated heterocycles. The zero-order valence-electron chi connectivity index (χ0n) is 29.6. The molecule has 3 aliphatic rings. The van der Waals surface area contributed by atoms with E-state index in [0.717, 1.165) is 46.4 Å². The molecule has 1 unspecified atom stereocenters. The summed E-state index contributed by atoms with van der Waals surface area (Å²) in [6.45, 7) is 16.2. The van der Waals surface area contributed by atoms with Crippen LogP contribution in [-0.4, -0.2) is 75.8 Å². The molecule has 1 aliphatic carbocycles. The molecule has 10 nitrogen and oxygen atoms in total. The van der Waals surface area contributed by atoms with Crippen LogP contribution in [0.1, 0.15) is 91.8 Å². The first-order chi connectivity index (χ1) is 22.4. The van der Waals surface area contributed by atoms with Crippen LogP contribution in [0.2, 0.25) is 0 Å². The fourth-order valence-corrected chi connectivity index (χ4v) is 7.38. The molecule has 0 radical (unpaired) electrons. The largest absolute Gasteiger partial charge is 0.490 e. The summed E-state index contributed by atoms with van der Waals surface area (Å²) in [5.41, 5.74) is 4.50. The molecule has 48 heavy (non-hydrogen) atoms. The second-order valence-electron chi connectivity index (χ2n) is 15.7. The lowest BCUT2D eigenvalue weighted by Crippen LogP contribution is -2.57. The number of hydrogen-bond donors (Lipinski definition) is 3. The van der Waals surface area contributed by atoms with Crippen molar-refractivity contribution in [3.8, 4) is 10.4 Å². The summed E-state index contributed by atoms with van der Waals surface area (Å²) in [7, 11) is -0.368. The summed E-state index contributed by atoms with van der Waals surface area (Å²) in [5, 5.41) is 16.5. The van der Waals surface area contributed by atoms with Crippen LogP contribution in [-0.2, 0) is 30.2 Å². The highest BCUT2D eigenvalue weighted by molar-refractivity contribution is 7.13. The van der Waals surface area contributed by atoms with Crippen molar-refractivity contribution in [2.24, 2.45) is 11.3 Å². The van der Waals surface area contributed by atoms with Gasteiger partial charge >= 0.3 is 7.12 Å². The van der Waals surface area contributed by atoms with Gasteiger partial charge in [0.25, 0.3) is 0 Å². The molecular formula is C36H51BN4O6S. The standard InChI is InChI=1S/C36H51BN4O6S/c1-22-30(48-21-39-22)25-13-9-24(10-14-25)19-38-32(44)28-18-27(42)20-41(28)33(45)31(34(2,3)4)40-29(43)17-23-11-15-26(16-12-23)37-46-35(5,6)36(7,8)47-37/h9-10,13-15,21,23,27-28,31,42H,11-12,16-20H2,1-8H3,(H,38,44)(H,40,43)/t23?,27-,28+,31-/m1/s1. The van der Waals surface area contributed by atoms with Gasteiger partial charge in [0.15, 0.2) is 0 Å². The molecule has 5 rings (SSSR count). The Balaban J connectivity index is 1.17. The molecule has 4 atom stereocenters. The number of likely N-dealkylation sites (tertiary alicyclic amines) is 1. The number of amides is 3. The van der Waals surface area contributed by atoms with E-state index < -0.39 is 34.8 Å². The van der Waals surface area contributed by atoms with E-state index in [-0.39, 0.29) is 43.7 Å². The van der Waals surface area contributed by atoms with Crippen molar-refractivity contribution >= 4 is 36.2 Å². The van der Waals surface area contributed by atoms with Crippen molar-refractivity contribution in [3.05, 3.63) is 52.6 Å². The molecule has 3 heterocycles. The van der Waals surface area contributed by atoms with Gasteiger partial charge in [-0.25, -0.2) is 4.98 Å². The van der Waals surface area contributed by atoms with Crippen LogP contribution in [0.4, 0.5) is 0 Å². The number of aryl methyl sites for hydroxylation is 1. The SMILES string of the molecule is Cc1ncsc1-c1ccc(CNC(=O)[C@@H]2C[C@@H](O)CN2C(=O)[C@@H](NC(=O)CC2CC=C(B3OC(C)(C)C(C)(C)O3)CC2)C(C)(C)C)cc1. The number of aliphatic hydroxyl groups excluding tert-OH is 1. The van der Waals surface area contributed by atoms with E-state index in [4.69, 9.17) is 9.31 Å². The molecule has 12 heteroatoms. The quantitative estimate of drug-likeness (QED) is 0.319. The van der Waals surface area contributed by atoms with Gasteiger partial charge in [0.2, 0.25) is 17.7 Å². The Morgan fingerprint density at radius 1 is 1.12 bits per heavy atom. The number of allylic oxidation sites excluding steroid dienone is 2. The minimum Gasteiger partial charge on any atom is -0.400 e. The molecular weight excluding hydrogens is 627 g/mol. The summed E-state index contributed by atoms with van der Waals surface area (Å²) in [6, 6.07) is 6.27. The van der Waals surface area contributed by atoms with Gasteiger partial charge < -0.3 is 29.9 Å². The third kappa shape index (κ3) is 8.04. The van der Waals surface area contributed by atoms with E-state index in [0.29, 0.717) is 13.0 Å². The zero-order valence-corrected chi connectivity index (χ0v) is 30.4. The van der Waals surface area contributed by atoms with Crippen LogP contribution >= 0.6 is 11.3 Å². The molecule has 0 bridgehead atoms. The highest BCUT2D eigenvalue weighted by atomic mass is 32.1. The van der Waals surface area contributed by atoms with E-state index in [2.05, 4.69) is 21.7 Å². The number of aliphatic hydroxyl groups is 1. The van der Waals surface area contributed by atoms with Gasteiger partial charge in [-0.2, -0.15) is 0 Å². The lowest BCUT2D eigenvalue weighted by Gasteiger charge is -2.35. The lowest BCUT2D eigenvalue weighted by molar-refractivity contribution is -0.144. The van der Waals surface area contributed by atoms with Crippen molar-refractivity contribution < 1.29 is 28.8 Å². The van der Waals surface area contributed by atoms with Gasteiger partial charge in [-0.1, -0.05) is 51.1 Å². The van der Waals surface area contributed by atoms with Crippen LogP contribution in [0, 0.1) is 18.3 Å². The normalized spacial score (nSPS) is 24.3. The predicted octanol–water partition coefficient (Wildman–Crippen LogP) is 4.98. The van der Waals surface area contributed by atoms with Crippen molar-refractivity contribution in [1.29, 1.82) is 0 Å². The first-order valence-corrected chi connectivity index (χ1v) is 17.9. The van der Waals surface area contributed by atoms with Crippen LogP contribution in [0.5, 0.6) is 0 Å². The van der Waals surface area contributed by atoms with E-state index >= 15 is 0 Å². The number of thiazole rings is 1. The highest BCUT2D eigenvalue weighted by Gasteiger charge is 2.52. The maximum Gasteiger partial charge on any atom is 0.490 e. The molecule has 1 aromatic carbocycles. The molecule has 3 amide bonds. The molecule has 1 aromatic heterocycles. The van der Waals surface area contributed by atoms with E-state index in [9.17, 15) is 19.5 Å². The topological polar surface area (TPSA) is 130 Å². The minimum atomic E-state index is -0.854. The smallest absolute Gasteiger partial charge is 0.400 e. The van der Waals surface area contributed by atoms with Gasteiger partial charge in [0, 0.05) is 25.9 Å². The number of rotatable bonds is 9. The van der Waals surface area contributed by atoms with Crippen molar-refractivity contribution in [2.75, 3.05) is 6.54 Å². The van der Waals surface area contributed by atoms with Crippen molar-refractivity contribution in [2.45, 2.75) is 123 Å². The molecule has 2 aromatic rings. The second-order valence-corrected chi connectivity index (χ2v) is 16.5. The summed E-state index contributed by atoms with van der Waals surface area (Å²) in [5.74, 6) is -0.742. The first-order valence-electron chi connectivity index (χ1n) is 17.0. The molecule has 3 N–H and O–H groups in total. The molecule has 0 spiro atoms. The monoisotopic (exact) mass is 678 g/mol. The predicted molar refractivity (Wildman–Crippen MR) is 188 cm³/mol. The Morgan fingerprint density at radius 2 is 1.79 bits per heavy atom. The zero-order chi connectivity index (χ0) is 35.0. The van der Waals surface area contributed by atoms with Crippen LogP contribution < -0.4 is 10.6 Å². The summed E-state index contributed by atoms with van der Waals surface area (Å²) in [6.07, 6.45) is 4.10. The summed E-state index contributed by atoms with van der Waals surface area (Å²) >= 11 is 1.59. The Hall–Kier alpha value is -3.06. The molecule has 2 fully saturated rings. The third-order valence-electron chi connectivity index (χ3n) is 10.3. The molecule has 2 aliphatic heterocycles. The maximum atomic E-state index is 14.0. The molecule has 0 saturated carbocycles. The van der Waals surface area contributed by atoms with Gasteiger partial charge in [-0.3, -0.25) is 14.4 Å². The van der Waals surface area contributed by atoms with E-state index in [1.165, 1.54) is 4.90 Å². The van der Waals surface area contributed by atoms with Crippen LogP contribution in [0.3, 0.4) is 0 Å². The Morgan fingerprint density at radius 3 is 2.35 bits per heavy atom. The summed E-state index contributed by atoms with van der Waals surface area (Å²) in [4.78, 5) is 47.6. The van der Waals surface area contributed by atoms with E-state index in [1.54, 1.807) is 11.3 Å². The number of β-amino-alcohol motifs (C(OH)–C–C–N with tert-alkyl or cyclic N) is 1. The lowest BCUT2D eigenvalue weighted by atomic mass is 9.70. The van der Waals surface area contributed by atoms with Gasteiger partial charge in [-0.05, 0) is 81.8 Å². The number of nitrogens with zero attached hydrogens (tertiary/aromatic N) is 2. The number of benzene rings is 1.